The Labute approximate surface area is 142 Å². The van der Waals surface area contributed by atoms with Gasteiger partial charge in [0.15, 0.2) is 5.89 Å². The standard InChI is InChI=1S/C19H24N2O3/c1-12-8-7-10-16(15-9-5-6-11-17(15)23-4)21(12)19(22)18-13(2)20-14(3)24-18/h5-6,9,11-12,16H,7-8,10H2,1-4H3/t12-,16-/m1/s1. The number of benzene rings is 1. The molecular weight excluding hydrogens is 304 g/mol. The minimum atomic E-state index is -0.0868. The van der Waals surface area contributed by atoms with E-state index in [1.54, 1.807) is 14.0 Å². The van der Waals surface area contributed by atoms with Crippen LogP contribution in [0.1, 0.15) is 59.9 Å². The van der Waals surface area contributed by atoms with Crippen molar-refractivity contribution < 1.29 is 13.9 Å². The molecule has 1 aromatic heterocycles. The Balaban J connectivity index is 2.01. The van der Waals surface area contributed by atoms with Crippen molar-refractivity contribution >= 4 is 5.91 Å². The largest absolute Gasteiger partial charge is 0.496 e. The molecule has 0 unspecified atom stereocenters. The van der Waals surface area contributed by atoms with Gasteiger partial charge in [0.25, 0.3) is 5.91 Å². The number of carbonyl (C=O) groups excluding carboxylic acids is 1. The topological polar surface area (TPSA) is 55.6 Å². The lowest BCUT2D eigenvalue weighted by Gasteiger charge is -2.41. The van der Waals surface area contributed by atoms with Crippen LogP contribution in [-0.2, 0) is 0 Å². The van der Waals surface area contributed by atoms with Gasteiger partial charge >= 0.3 is 0 Å². The van der Waals surface area contributed by atoms with E-state index >= 15 is 0 Å². The molecule has 0 spiro atoms. The third kappa shape index (κ3) is 2.90. The van der Waals surface area contributed by atoms with E-state index in [9.17, 15) is 4.79 Å². The van der Waals surface area contributed by atoms with Gasteiger partial charge in [0.1, 0.15) is 5.75 Å². The zero-order chi connectivity index (χ0) is 17.3. The van der Waals surface area contributed by atoms with Gasteiger partial charge < -0.3 is 14.1 Å². The van der Waals surface area contributed by atoms with Crippen LogP contribution in [0, 0.1) is 13.8 Å². The summed E-state index contributed by atoms with van der Waals surface area (Å²) in [7, 11) is 1.67. The molecule has 1 fully saturated rings. The van der Waals surface area contributed by atoms with Gasteiger partial charge in [0, 0.05) is 18.5 Å². The molecular formula is C19H24N2O3. The second-order valence-corrected chi connectivity index (χ2v) is 6.40. The smallest absolute Gasteiger partial charge is 0.292 e. The summed E-state index contributed by atoms with van der Waals surface area (Å²) in [6.07, 6.45) is 2.99. The van der Waals surface area contributed by atoms with Gasteiger partial charge in [-0.15, -0.1) is 0 Å². The van der Waals surface area contributed by atoms with Crippen molar-refractivity contribution in [2.24, 2.45) is 0 Å². The minimum Gasteiger partial charge on any atom is -0.496 e. The van der Waals surface area contributed by atoms with Gasteiger partial charge in [-0.25, -0.2) is 4.98 Å². The predicted molar refractivity (Wildman–Crippen MR) is 91.2 cm³/mol. The first-order chi connectivity index (χ1) is 11.5. The van der Waals surface area contributed by atoms with Crippen LogP contribution in [0.15, 0.2) is 28.7 Å². The van der Waals surface area contributed by atoms with Crippen LogP contribution in [0.4, 0.5) is 0 Å². The number of piperidine rings is 1. The Morgan fingerprint density at radius 2 is 2.04 bits per heavy atom. The molecule has 1 amide bonds. The molecule has 1 saturated heterocycles. The maximum absolute atomic E-state index is 13.2. The summed E-state index contributed by atoms with van der Waals surface area (Å²) in [5, 5.41) is 0. The summed E-state index contributed by atoms with van der Waals surface area (Å²) in [5.41, 5.74) is 1.70. The Bertz CT molecular complexity index is 738. The zero-order valence-electron chi connectivity index (χ0n) is 14.7. The average molecular weight is 328 g/mol. The molecule has 3 rings (SSSR count). The lowest BCUT2D eigenvalue weighted by Crippen LogP contribution is -2.44. The van der Waals surface area contributed by atoms with Gasteiger partial charge in [-0.05, 0) is 39.2 Å². The van der Waals surface area contributed by atoms with E-state index in [4.69, 9.17) is 9.15 Å². The molecule has 2 atom stereocenters. The highest BCUT2D eigenvalue weighted by atomic mass is 16.5. The fraction of sp³-hybridized carbons (Fsp3) is 0.474. The number of ether oxygens (including phenoxy) is 1. The molecule has 0 aliphatic carbocycles. The summed E-state index contributed by atoms with van der Waals surface area (Å²) >= 11 is 0. The molecule has 1 aromatic carbocycles. The van der Waals surface area contributed by atoms with Crippen molar-refractivity contribution in [2.75, 3.05) is 7.11 Å². The lowest BCUT2D eigenvalue weighted by atomic mass is 9.90. The summed E-state index contributed by atoms with van der Waals surface area (Å²) in [6, 6.07) is 8.06. The molecule has 2 aromatic rings. The number of aromatic nitrogens is 1. The van der Waals surface area contributed by atoms with Crippen molar-refractivity contribution in [3.63, 3.8) is 0 Å². The second-order valence-electron chi connectivity index (χ2n) is 6.40. The average Bonchev–Trinajstić information content (AvgIpc) is 2.92. The first-order valence-electron chi connectivity index (χ1n) is 8.42. The molecule has 5 heteroatoms. The lowest BCUT2D eigenvalue weighted by molar-refractivity contribution is 0.0439. The minimum absolute atomic E-state index is 0.0118. The number of hydrogen-bond acceptors (Lipinski definition) is 4. The molecule has 0 saturated carbocycles. The molecule has 1 aliphatic rings. The van der Waals surface area contributed by atoms with Gasteiger partial charge in [0.05, 0.1) is 18.8 Å². The maximum atomic E-state index is 13.2. The van der Waals surface area contributed by atoms with Crippen LogP contribution in [0.5, 0.6) is 5.75 Å². The third-order valence-electron chi connectivity index (χ3n) is 4.74. The third-order valence-corrected chi connectivity index (χ3v) is 4.74. The van der Waals surface area contributed by atoms with Crippen molar-refractivity contribution in [1.29, 1.82) is 0 Å². The van der Waals surface area contributed by atoms with Crippen LogP contribution in [0.25, 0.3) is 0 Å². The van der Waals surface area contributed by atoms with Crippen LogP contribution >= 0.6 is 0 Å². The summed E-state index contributed by atoms with van der Waals surface area (Å²) in [4.78, 5) is 19.4. The van der Waals surface area contributed by atoms with E-state index < -0.39 is 0 Å². The van der Waals surface area contributed by atoms with E-state index in [1.807, 2.05) is 36.1 Å². The van der Waals surface area contributed by atoms with Crippen LogP contribution < -0.4 is 4.74 Å². The Hall–Kier alpha value is -2.30. The van der Waals surface area contributed by atoms with E-state index in [2.05, 4.69) is 11.9 Å². The number of amides is 1. The Kier molecular flexibility index (Phi) is 4.60. The van der Waals surface area contributed by atoms with E-state index in [-0.39, 0.29) is 18.0 Å². The van der Waals surface area contributed by atoms with Crippen molar-refractivity contribution in [3.8, 4) is 5.75 Å². The highest BCUT2D eigenvalue weighted by Gasteiger charge is 2.36. The summed E-state index contributed by atoms with van der Waals surface area (Å²) in [5.74, 6) is 1.60. The number of likely N-dealkylation sites (tertiary alicyclic amines) is 1. The van der Waals surface area contributed by atoms with Crippen molar-refractivity contribution in [3.05, 3.63) is 47.2 Å². The summed E-state index contributed by atoms with van der Waals surface area (Å²) < 4.78 is 11.1. The Morgan fingerprint density at radius 3 is 2.71 bits per heavy atom. The summed E-state index contributed by atoms with van der Waals surface area (Å²) in [6.45, 7) is 5.68. The van der Waals surface area contributed by atoms with Crippen LogP contribution in [0.3, 0.4) is 0 Å². The van der Waals surface area contributed by atoms with Crippen molar-refractivity contribution in [1.82, 2.24) is 9.88 Å². The second kappa shape index (κ2) is 6.67. The zero-order valence-corrected chi connectivity index (χ0v) is 14.7. The molecule has 0 radical (unpaired) electrons. The van der Waals surface area contributed by atoms with Crippen LogP contribution in [-0.4, -0.2) is 28.9 Å². The number of para-hydroxylation sites is 1. The first-order valence-corrected chi connectivity index (χ1v) is 8.42. The normalized spacial score (nSPS) is 20.9. The molecule has 24 heavy (non-hydrogen) atoms. The quantitative estimate of drug-likeness (QED) is 0.853. The number of nitrogens with zero attached hydrogens (tertiary/aromatic N) is 2. The van der Waals surface area contributed by atoms with Crippen molar-refractivity contribution in [2.45, 2.75) is 52.1 Å². The number of rotatable bonds is 3. The predicted octanol–water partition coefficient (Wildman–Crippen LogP) is 4.06. The van der Waals surface area contributed by atoms with E-state index in [0.29, 0.717) is 17.3 Å². The fourth-order valence-corrected chi connectivity index (χ4v) is 3.63. The molecule has 128 valence electrons. The van der Waals surface area contributed by atoms with Gasteiger partial charge in [0.2, 0.25) is 5.76 Å². The van der Waals surface area contributed by atoms with Crippen LogP contribution in [0.2, 0.25) is 0 Å². The highest BCUT2D eigenvalue weighted by molar-refractivity contribution is 5.93. The maximum Gasteiger partial charge on any atom is 0.292 e. The first kappa shape index (κ1) is 16.6. The number of methoxy groups -OCH3 is 1. The molecule has 1 aliphatic heterocycles. The fourth-order valence-electron chi connectivity index (χ4n) is 3.63. The monoisotopic (exact) mass is 328 g/mol. The molecule has 2 heterocycles. The SMILES string of the molecule is COc1ccccc1[C@H]1CCC[C@@H](C)N1C(=O)c1oc(C)nc1C. The molecule has 0 bridgehead atoms. The van der Waals surface area contributed by atoms with Gasteiger partial charge in [-0.1, -0.05) is 18.2 Å². The number of carbonyl (C=O) groups is 1. The molecule has 5 nitrogen and oxygen atoms in total. The number of hydrogen-bond donors (Lipinski definition) is 0. The Morgan fingerprint density at radius 1 is 1.29 bits per heavy atom. The van der Waals surface area contributed by atoms with E-state index in [0.717, 1.165) is 30.6 Å². The number of oxazole rings is 1. The van der Waals surface area contributed by atoms with Gasteiger partial charge in [-0.3, -0.25) is 4.79 Å². The van der Waals surface area contributed by atoms with E-state index in [1.165, 1.54) is 0 Å². The molecule has 0 N–H and O–H groups in total. The highest BCUT2D eigenvalue weighted by Crippen LogP contribution is 2.39. The van der Waals surface area contributed by atoms with Gasteiger partial charge in [-0.2, -0.15) is 0 Å². The number of aryl methyl sites for hydroxylation is 2.